The lowest BCUT2D eigenvalue weighted by atomic mass is 10.1. The molecule has 0 saturated heterocycles. The summed E-state index contributed by atoms with van der Waals surface area (Å²) in [6, 6.07) is 5.77. The van der Waals surface area contributed by atoms with Crippen LogP contribution in [0.2, 0.25) is 0 Å². The molecule has 2 aromatic rings. The van der Waals surface area contributed by atoms with E-state index in [0.717, 1.165) is 17.8 Å². The number of hydrogen-bond donors (Lipinski definition) is 0. The Labute approximate surface area is 146 Å². The molecular formula is C16H14F3N3O2S. The second-order valence-corrected chi connectivity index (χ2v) is 6.18. The quantitative estimate of drug-likeness (QED) is 0.753. The SMILES string of the molecule is Cc1cc(C(F)(F)F)c(C#N)c(SCC(=O)N(C)Cc2ccco2)n1. The molecule has 0 fully saturated rings. The van der Waals surface area contributed by atoms with E-state index in [-0.39, 0.29) is 28.9 Å². The Balaban J connectivity index is 2.13. The molecule has 2 aromatic heterocycles. The van der Waals surface area contributed by atoms with Crippen molar-refractivity contribution in [1.82, 2.24) is 9.88 Å². The average molecular weight is 369 g/mol. The maximum atomic E-state index is 13.1. The predicted molar refractivity (Wildman–Crippen MR) is 84.6 cm³/mol. The number of alkyl halides is 3. The molecule has 2 rings (SSSR count). The van der Waals surface area contributed by atoms with Gasteiger partial charge in [-0.15, -0.1) is 0 Å². The van der Waals surface area contributed by atoms with E-state index in [1.54, 1.807) is 25.2 Å². The van der Waals surface area contributed by atoms with Gasteiger partial charge in [0.05, 0.1) is 29.7 Å². The van der Waals surface area contributed by atoms with E-state index in [1.807, 2.05) is 0 Å². The number of carbonyl (C=O) groups is 1. The number of hydrogen-bond acceptors (Lipinski definition) is 5. The average Bonchev–Trinajstić information content (AvgIpc) is 3.04. The van der Waals surface area contributed by atoms with Crippen LogP contribution in [0.25, 0.3) is 0 Å². The summed E-state index contributed by atoms with van der Waals surface area (Å²) in [6.07, 6.45) is -3.18. The number of aromatic nitrogens is 1. The molecule has 0 N–H and O–H groups in total. The highest BCUT2D eigenvalue weighted by Gasteiger charge is 2.35. The number of amides is 1. The highest BCUT2D eigenvalue weighted by atomic mass is 32.2. The summed E-state index contributed by atoms with van der Waals surface area (Å²) in [5.74, 6) is 0.133. The normalized spacial score (nSPS) is 11.2. The molecule has 2 heterocycles. The summed E-state index contributed by atoms with van der Waals surface area (Å²) in [6.45, 7) is 1.65. The van der Waals surface area contributed by atoms with Gasteiger partial charge < -0.3 is 9.32 Å². The Kier molecular flexibility index (Phi) is 5.74. The summed E-state index contributed by atoms with van der Waals surface area (Å²) in [5.41, 5.74) is -1.48. The predicted octanol–water partition coefficient (Wildman–Crippen LogP) is 3.62. The molecule has 0 spiro atoms. The van der Waals surface area contributed by atoms with Crippen LogP contribution in [-0.4, -0.2) is 28.6 Å². The molecule has 0 aliphatic heterocycles. The monoisotopic (exact) mass is 369 g/mol. The lowest BCUT2D eigenvalue weighted by Gasteiger charge is -2.16. The van der Waals surface area contributed by atoms with Crippen LogP contribution < -0.4 is 0 Å². The van der Waals surface area contributed by atoms with Crippen molar-refractivity contribution in [3.63, 3.8) is 0 Å². The van der Waals surface area contributed by atoms with Gasteiger partial charge in [-0.1, -0.05) is 11.8 Å². The van der Waals surface area contributed by atoms with Crippen molar-refractivity contribution >= 4 is 17.7 Å². The zero-order chi connectivity index (χ0) is 18.6. The number of halogens is 3. The second kappa shape index (κ2) is 7.61. The molecule has 0 saturated carbocycles. The minimum absolute atomic E-state index is 0.102. The third-order valence-corrected chi connectivity index (χ3v) is 4.22. The van der Waals surface area contributed by atoms with Gasteiger partial charge in [0.15, 0.2) is 0 Å². The van der Waals surface area contributed by atoms with Gasteiger partial charge in [0.1, 0.15) is 16.9 Å². The molecule has 25 heavy (non-hydrogen) atoms. The molecule has 0 aliphatic carbocycles. The minimum Gasteiger partial charge on any atom is -0.467 e. The van der Waals surface area contributed by atoms with Crippen molar-refractivity contribution in [2.45, 2.75) is 24.7 Å². The van der Waals surface area contributed by atoms with Crippen molar-refractivity contribution in [3.8, 4) is 6.07 Å². The lowest BCUT2D eigenvalue weighted by molar-refractivity contribution is -0.138. The van der Waals surface area contributed by atoms with E-state index in [4.69, 9.17) is 9.68 Å². The topological polar surface area (TPSA) is 70.1 Å². The highest BCUT2D eigenvalue weighted by molar-refractivity contribution is 8.00. The number of nitrogens with zero attached hydrogens (tertiary/aromatic N) is 3. The van der Waals surface area contributed by atoms with E-state index >= 15 is 0 Å². The first-order valence-corrected chi connectivity index (χ1v) is 8.09. The summed E-state index contributed by atoms with van der Waals surface area (Å²) < 4.78 is 44.3. The third-order valence-electron chi connectivity index (χ3n) is 3.26. The molecule has 132 valence electrons. The number of thioether (sulfide) groups is 1. The lowest BCUT2D eigenvalue weighted by Crippen LogP contribution is -2.27. The zero-order valence-corrected chi connectivity index (χ0v) is 14.2. The van der Waals surface area contributed by atoms with E-state index in [9.17, 15) is 18.0 Å². The smallest absolute Gasteiger partial charge is 0.417 e. The van der Waals surface area contributed by atoms with Crippen LogP contribution in [0.5, 0.6) is 0 Å². The van der Waals surface area contributed by atoms with Gasteiger partial charge in [-0.2, -0.15) is 18.4 Å². The van der Waals surface area contributed by atoms with Crippen LogP contribution in [-0.2, 0) is 17.5 Å². The van der Waals surface area contributed by atoms with E-state index in [2.05, 4.69) is 4.98 Å². The van der Waals surface area contributed by atoms with Gasteiger partial charge in [-0.05, 0) is 25.1 Å². The number of nitriles is 1. The molecule has 0 atom stereocenters. The first kappa shape index (κ1) is 18.9. The number of pyridine rings is 1. The van der Waals surface area contributed by atoms with Crippen molar-refractivity contribution in [2.75, 3.05) is 12.8 Å². The number of aryl methyl sites for hydroxylation is 1. The third kappa shape index (κ3) is 4.76. The van der Waals surface area contributed by atoms with Crippen molar-refractivity contribution in [1.29, 1.82) is 5.26 Å². The van der Waals surface area contributed by atoms with Gasteiger partial charge >= 0.3 is 6.18 Å². The minimum atomic E-state index is -4.66. The molecule has 9 heteroatoms. The Hall–Kier alpha value is -2.47. The first-order valence-electron chi connectivity index (χ1n) is 7.10. The molecular weight excluding hydrogens is 355 g/mol. The molecule has 0 aliphatic rings. The molecule has 1 amide bonds. The molecule has 0 radical (unpaired) electrons. The van der Waals surface area contributed by atoms with E-state index < -0.39 is 17.3 Å². The van der Waals surface area contributed by atoms with Gasteiger partial charge in [0.25, 0.3) is 0 Å². The second-order valence-electron chi connectivity index (χ2n) is 5.22. The van der Waals surface area contributed by atoms with Crippen molar-refractivity contribution in [2.24, 2.45) is 0 Å². The van der Waals surface area contributed by atoms with Crippen LogP contribution in [0.4, 0.5) is 13.2 Å². The van der Waals surface area contributed by atoms with E-state index in [1.165, 1.54) is 18.1 Å². The molecule has 5 nitrogen and oxygen atoms in total. The molecule has 0 aromatic carbocycles. The first-order chi connectivity index (χ1) is 11.7. The van der Waals surface area contributed by atoms with Crippen LogP contribution in [0, 0.1) is 18.3 Å². The fourth-order valence-corrected chi connectivity index (χ4v) is 3.03. The van der Waals surface area contributed by atoms with Gasteiger partial charge in [0, 0.05) is 12.7 Å². The number of carbonyl (C=O) groups excluding carboxylic acids is 1. The summed E-state index contributed by atoms with van der Waals surface area (Å²) in [5, 5.41) is 8.99. The maximum Gasteiger partial charge on any atom is 0.417 e. The Morgan fingerprint density at radius 2 is 2.20 bits per heavy atom. The van der Waals surface area contributed by atoms with Crippen LogP contribution in [0.15, 0.2) is 33.9 Å². The highest BCUT2D eigenvalue weighted by Crippen LogP contribution is 2.35. The van der Waals surface area contributed by atoms with Crippen LogP contribution in [0.1, 0.15) is 22.6 Å². The molecule has 0 unspecified atom stereocenters. The maximum absolute atomic E-state index is 13.1. The fraction of sp³-hybridized carbons (Fsp3) is 0.312. The molecule has 0 bridgehead atoms. The van der Waals surface area contributed by atoms with Crippen molar-refractivity contribution < 1.29 is 22.4 Å². The Bertz CT molecular complexity index is 798. The zero-order valence-electron chi connectivity index (χ0n) is 13.4. The van der Waals surface area contributed by atoms with Crippen molar-refractivity contribution in [3.05, 3.63) is 47.0 Å². The summed E-state index contributed by atoms with van der Waals surface area (Å²) >= 11 is 0.810. The Morgan fingerprint density at radius 1 is 1.48 bits per heavy atom. The van der Waals surface area contributed by atoms with Gasteiger partial charge in [-0.25, -0.2) is 4.98 Å². The van der Waals surface area contributed by atoms with Crippen LogP contribution >= 0.6 is 11.8 Å². The fourth-order valence-electron chi connectivity index (χ4n) is 2.05. The largest absolute Gasteiger partial charge is 0.467 e. The number of furan rings is 1. The van der Waals surface area contributed by atoms with E-state index in [0.29, 0.717) is 5.76 Å². The Morgan fingerprint density at radius 3 is 2.76 bits per heavy atom. The van der Waals surface area contributed by atoms with Gasteiger partial charge in [0.2, 0.25) is 5.91 Å². The van der Waals surface area contributed by atoms with Gasteiger partial charge in [-0.3, -0.25) is 4.79 Å². The standard InChI is InChI=1S/C16H14F3N3O2S/c1-10-6-13(16(17,18)19)12(7-20)15(21-10)25-9-14(23)22(2)8-11-4-3-5-24-11/h3-6H,8-9H2,1-2H3. The van der Waals surface area contributed by atoms with Crippen LogP contribution in [0.3, 0.4) is 0 Å². The summed E-state index contributed by atoms with van der Waals surface area (Å²) in [4.78, 5) is 17.5. The summed E-state index contributed by atoms with van der Waals surface area (Å²) in [7, 11) is 1.56. The number of rotatable bonds is 5.